The molecule has 0 fully saturated rings. The third-order valence-electron chi connectivity index (χ3n) is 2.25. The van der Waals surface area contributed by atoms with Gasteiger partial charge in [-0.1, -0.05) is 36.0 Å². The Morgan fingerprint density at radius 3 is 2.88 bits per heavy atom. The van der Waals surface area contributed by atoms with Crippen LogP contribution in [0.25, 0.3) is 11.1 Å². The summed E-state index contributed by atoms with van der Waals surface area (Å²) in [5.41, 5.74) is 0.811. The van der Waals surface area contributed by atoms with E-state index in [0.29, 0.717) is 15.8 Å². The van der Waals surface area contributed by atoms with Crippen LogP contribution in [0, 0.1) is 10.5 Å². The minimum absolute atomic E-state index is 0.157. The number of rotatable bonds is 2. The Morgan fingerprint density at radius 2 is 2.18 bits per heavy atom. The molecule has 2 rings (SSSR count). The molecule has 0 saturated heterocycles. The first-order chi connectivity index (χ1) is 8.13. The predicted molar refractivity (Wildman–Crippen MR) is 66.4 cm³/mol. The van der Waals surface area contributed by atoms with Gasteiger partial charge >= 0.3 is 0 Å². The lowest BCUT2D eigenvalue weighted by molar-refractivity contribution is 0.387. The number of aromatic amines is 1. The normalized spacial score (nSPS) is 10.3. The van der Waals surface area contributed by atoms with Gasteiger partial charge in [0.05, 0.1) is 7.11 Å². The first-order valence-electron chi connectivity index (χ1n) is 4.71. The van der Waals surface area contributed by atoms with Crippen LogP contribution in [0.5, 0.6) is 5.75 Å². The van der Waals surface area contributed by atoms with Crippen LogP contribution in [0.4, 0.5) is 4.39 Å². The average molecular weight is 271 g/mol. The first-order valence-corrected chi connectivity index (χ1v) is 5.50. The van der Waals surface area contributed by atoms with E-state index >= 15 is 0 Å². The SMILES string of the molecule is COc1cccc(-c2cc(Cl)n[nH]c2=S)c1F. The van der Waals surface area contributed by atoms with E-state index in [-0.39, 0.29) is 10.9 Å². The Balaban J connectivity index is 2.68. The highest BCUT2D eigenvalue weighted by Crippen LogP contribution is 2.29. The summed E-state index contributed by atoms with van der Waals surface area (Å²) in [7, 11) is 1.41. The lowest BCUT2D eigenvalue weighted by atomic mass is 10.1. The van der Waals surface area contributed by atoms with Crippen LogP contribution in [0.1, 0.15) is 0 Å². The number of methoxy groups -OCH3 is 1. The second kappa shape index (κ2) is 4.81. The number of aromatic nitrogens is 2. The van der Waals surface area contributed by atoms with Crippen molar-refractivity contribution in [3.05, 3.63) is 39.9 Å². The summed E-state index contributed by atoms with van der Waals surface area (Å²) in [6.07, 6.45) is 0. The molecule has 1 heterocycles. The van der Waals surface area contributed by atoms with Crippen LogP contribution in [0.15, 0.2) is 24.3 Å². The molecule has 0 aliphatic carbocycles. The third kappa shape index (κ3) is 2.30. The molecule has 17 heavy (non-hydrogen) atoms. The standard InChI is InChI=1S/C11H8ClFN2OS/c1-16-8-4-2-3-6(10(8)13)7-5-9(12)14-15-11(7)17/h2-5H,1H3,(H,15,17). The molecule has 3 nitrogen and oxygen atoms in total. The Morgan fingerprint density at radius 1 is 1.41 bits per heavy atom. The highest BCUT2D eigenvalue weighted by Gasteiger charge is 2.12. The quantitative estimate of drug-likeness (QED) is 0.847. The zero-order chi connectivity index (χ0) is 12.4. The molecule has 1 aromatic heterocycles. The number of nitrogens with one attached hydrogen (secondary N) is 1. The molecule has 6 heteroatoms. The maximum atomic E-state index is 14.0. The van der Waals surface area contributed by atoms with E-state index in [1.54, 1.807) is 12.1 Å². The zero-order valence-corrected chi connectivity index (χ0v) is 10.4. The Hall–Kier alpha value is -1.46. The van der Waals surface area contributed by atoms with Crippen molar-refractivity contribution in [1.29, 1.82) is 0 Å². The van der Waals surface area contributed by atoms with E-state index in [1.165, 1.54) is 19.2 Å². The lowest BCUT2D eigenvalue weighted by Gasteiger charge is -2.07. The molecule has 0 unspecified atom stereocenters. The van der Waals surface area contributed by atoms with Crippen molar-refractivity contribution in [2.45, 2.75) is 0 Å². The van der Waals surface area contributed by atoms with Gasteiger partial charge in [0.1, 0.15) is 9.79 Å². The zero-order valence-electron chi connectivity index (χ0n) is 8.83. The van der Waals surface area contributed by atoms with E-state index in [9.17, 15) is 4.39 Å². The number of nitrogens with zero attached hydrogens (tertiary/aromatic N) is 1. The number of hydrogen-bond donors (Lipinski definition) is 1. The van der Waals surface area contributed by atoms with E-state index in [4.69, 9.17) is 28.6 Å². The topological polar surface area (TPSA) is 37.9 Å². The monoisotopic (exact) mass is 270 g/mol. The third-order valence-corrected chi connectivity index (χ3v) is 2.75. The van der Waals surface area contributed by atoms with Crippen LogP contribution >= 0.6 is 23.8 Å². The summed E-state index contributed by atoms with van der Waals surface area (Å²) < 4.78 is 19.3. The molecular formula is C11H8ClFN2OS. The molecule has 0 radical (unpaired) electrons. The molecule has 2 aromatic rings. The fraction of sp³-hybridized carbons (Fsp3) is 0.0909. The van der Waals surface area contributed by atoms with Crippen molar-refractivity contribution in [2.75, 3.05) is 7.11 Å². The van der Waals surface area contributed by atoms with Gasteiger partial charge in [0.15, 0.2) is 11.6 Å². The van der Waals surface area contributed by atoms with Gasteiger partial charge in [-0.15, -0.1) is 0 Å². The average Bonchev–Trinajstić information content (AvgIpc) is 2.33. The van der Waals surface area contributed by atoms with Crippen molar-refractivity contribution in [2.24, 2.45) is 0 Å². The van der Waals surface area contributed by atoms with E-state index in [2.05, 4.69) is 10.2 Å². The molecule has 0 atom stereocenters. The smallest absolute Gasteiger partial charge is 0.172 e. The summed E-state index contributed by atoms with van der Waals surface area (Å²) in [5, 5.41) is 6.49. The summed E-state index contributed by atoms with van der Waals surface area (Å²) in [6, 6.07) is 6.33. The molecule has 0 amide bonds. The number of H-pyrrole nitrogens is 1. The minimum Gasteiger partial charge on any atom is -0.494 e. The Kier molecular flexibility index (Phi) is 3.40. The molecule has 0 saturated carbocycles. The number of hydrogen-bond acceptors (Lipinski definition) is 3. The van der Waals surface area contributed by atoms with Crippen molar-refractivity contribution in [3.8, 4) is 16.9 Å². The number of halogens is 2. The second-order valence-corrected chi connectivity index (χ2v) is 4.05. The van der Waals surface area contributed by atoms with Crippen molar-refractivity contribution in [1.82, 2.24) is 10.2 Å². The molecule has 1 aromatic carbocycles. The molecule has 0 bridgehead atoms. The van der Waals surface area contributed by atoms with Gasteiger partial charge in [-0.2, -0.15) is 5.10 Å². The van der Waals surface area contributed by atoms with Crippen molar-refractivity contribution in [3.63, 3.8) is 0 Å². The maximum absolute atomic E-state index is 14.0. The van der Waals surface area contributed by atoms with Crippen molar-refractivity contribution < 1.29 is 9.13 Å². The maximum Gasteiger partial charge on any atom is 0.172 e. The lowest BCUT2D eigenvalue weighted by Crippen LogP contribution is -1.93. The van der Waals surface area contributed by atoms with Gasteiger partial charge in [0.2, 0.25) is 0 Å². The largest absolute Gasteiger partial charge is 0.494 e. The summed E-state index contributed by atoms with van der Waals surface area (Å²) >= 11 is 10.8. The predicted octanol–water partition coefficient (Wildman–Crippen LogP) is 3.61. The van der Waals surface area contributed by atoms with Gasteiger partial charge in [-0.25, -0.2) is 4.39 Å². The fourth-order valence-corrected chi connectivity index (χ4v) is 1.82. The molecule has 0 aliphatic heterocycles. The molecule has 0 aliphatic rings. The molecule has 1 N–H and O–H groups in total. The van der Waals surface area contributed by atoms with E-state index in [1.807, 2.05) is 0 Å². The second-order valence-electron chi connectivity index (χ2n) is 3.26. The summed E-state index contributed by atoms with van der Waals surface area (Å²) in [5.74, 6) is -0.318. The van der Waals surface area contributed by atoms with E-state index in [0.717, 1.165) is 0 Å². The summed E-state index contributed by atoms with van der Waals surface area (Å²) in [4.78, 5) is 0. The summed E-state index contributed by atoms with van der Waals surface area (Å²) in [6.45, 7) is 0. The van der Waals surface area contributed by atoms with E-state index < -0.39 is 5.82 Å². The van der Waals surface area contributed by atoms with Crippen molar-refractivity contribution >= 4 is 23.8 Å². The van der Waals surface area contributed by atoms with Gasteiger partial charge in [-0.05, 0) is 12.1 Å². The number of benzene rings is 1. The van der Waals surface area contributed by atoms with Gasteiger partial charge in [0.25, 0.3) is 0 Å². The van der Waals surface area contributed by atoms with Crippen LogP contribution in [-0.4, -0.2) is 17.3 Å². The highest BCUT2D eigenvalue weighted by molar-refractivity contribution is 7.71. The Bertz CT molecular complexity index is 615. The van der Waals surface area contributed by atoms with Gasteiger partial charge in [-0.3, -0.25) is 5.10 Å². The minimum atomic E-state index is -0.475. The van der Waals surface area contributed by atoms with Crippen LogP contribution in [0.3, 0.4) is 0 Å². The molecule has 0 spiro atoms. The Labute approximate surface area is 107 Å². The highest BCUT2D eigenvalue weighted by atomic mass is 35.5. The number of ether oxygens (including phenoxy) is 1. The first kappa shape index (κ1) is 12.0. The molecular weight excluding hydrogens is 263 g/mol. The molecule has 88 valence electrons. The van der Waals surface area contributed by atoms with Crippen LogP contribution in [0.2, 0.25) is 5.15 Å². The van der Waals surface area contributed by atoms with Crippen LogP contribution < -0.4 is 4.74 Å². The van der Waals surface area contributed by atoms with Gasteiger partial charge in [0, 0.05) is 11.1 Å². The van der Waals surface area contributed by atoms with Crippen LogP contribution in [-0.2, 0) is 0 Å². The van der Waals surface area contributed by atoms with Gasteiger partial charge < -0.3 is 4.74 Å². The fourth-order valence-electron chi connectivity index (χ4n) is 1.46.